The molecule has 0 radical (unpaired) electrons. The van der Waals surface area contributed by atoms with E-state index in [2.05, 4.69) is 15.3 Å². The quantitative estimate of drug-likeness (QED) is 0.445. The van der Waals surface area contributed by atoms with Crippen LogP contribution in [-0.4, -0.2) is 45.8 Å². The summed E-state index contributed by atoms with van der Waals surface area (Å²) in [6.45, 7) is 0.0636. The Hall–Kier alpha value is -3.53. The highest BCUT2D eigenvalue weighted by molar-refractivity contribution is 6.08. The maximum atomic E-state index is 13.1. The first kappa shape index (κ1) is 18.8. The molecule has 2 aliphatic heterocycles. The Morgan fingerprint density at radius 1 is 1.07 bits per heavy atom. The first-order valence-corrected chi connectivity index (χ1v) is 8.97. The fraction of sp³-hybridized carbons (Fsp3) is 0.316. The lowest BCUT2D eigenvalue weighted by atomic mass is 9.87. The maximum Gasteiger partial charge on any atom is 0.325 e. The van der Waals surface area contributed by atoms with Gasteiger partial charge in [-0.3, -0.25) is 34.4 Å². The minimum absolute atomic E-state index is 0.0636. The van der Waals surface area contributed by atoms with Crippen LogP contribution >= 0.6 is 0 Å². The normalized spacial score (nSPS) is 25.9. The fourth-order valence-corrected chi connectivity index (χ4v) is 4.07. The summed E-state index contributed by atoms with van der Waals surface area (Å²) in [5.74, 6) is -3.67. The van der Waals surface area contributed by atoms with E-state index in [-0.39, 0.29) is 12.1 Å². The molecule has 2 aliphatic rings. The van der Waals surface area contributed by atoms with Crippen LogP contribution in [0, 0.1) is 11.8 Å². The maximum absolute atomic E-state index is 13.1. The van der Waals surface area contributed by atoms with Gasteiger partial charge in [0.15, 0.2) is 0 Å². The van der Waals surface area contributed by atoms with Crippen LogP contribution in [0.1, 0.15) is 17.2 Å². The highest BCUT2D eigenvalue weighted by Crippen LogP contribution is 2.43. The number of nitrogens with zero attached hydrogens (tertiary/aromatic N) is 1. The number of methoxy groups -OCH3 is 1. The third-order valence-electron chi connectivity index (χ3n) is 5.39. The number of aromatic amines is 2. The van der Waals surface area contributed by atoms with Gasteiger partial charge in [-0.1, -0.05) is 30.3 Å². The number of hydrogen-bond acceptors (Lipinski definition) is 7. The van der Waals surface area contributed by atoms with Crippen LogP contribution in [0.5, 0.6) is 0 Å². The summed E-state index contributed by atoms with van der Waals surface area (Å²) < 4.78 is 4.79. The van der Waals surface area contributed by atoms with Gasteiger partial charge in [-0.05, 0) is 5.56 Å². The largest absolute Gasteiger partial charge is 0.468 e. The average molecular weight is 398 g/mol. The van der Waals surface area contributed by atoms with E-state index < -0.39 is 53.0 Å². The van der Waals surface area contributed by atoms with E-state index in [1.807, 2.05) is 6.07 Å². The molecule has 4 rings (SSSR count). The van der Waals surface area contributed by atoms with E-state index in [1.54, 1.807) is 24.3 Å². The van der Waals surface area contributed by atoms with Gasteiger partial charge in [-0.15, -0.1) is 0 Å². The summed E-state index contributed by atoms with van der Waals surface area (Å²) in [5.41, 5.74) is -0.571. The summed E-state index contributed by atoms with van der Waals surface area (Å²) in [5, 5.41) is 2.88. The number of likely N-dealkylation sites (tertiary alicyclic amines) is 1. The molecule has 0 bridgehead atoms. The lowest BCUT2D eigenvalue weighted by molar-refractivity contribution is -0.148. The third-order valence-corrected chi connectivity index (χ3v) is 5.39. The standard InChI is InChI=1S/C19H18N4O6/c1-29-18(27)14-12-11(13(21-14)10-7-20-19(28)22-15(10)24)16(25)23(17(12)26)8-9-5-3-2-4-6-9/h2-7,11-14,21H,8H2,1H3,(H2,20,22,24,28)/t11-,12+,13-,14-/m0/s1. The monoisotopic (exact) mass is 398 g/mol. The van der Waals surface area contributed by atoms with Crippen molar-refractivity contribution >= 4 is 17.8 Å². The zero-order valence-electron chi connectivity index (χ0n) is 15.4. The number of carbonyl (C=O) groups excluding carboxylic acids is 3. The number of ether oxygens (including phenoxy) is 1. The Bertz CT molecular complexity index is 1090. The predicted molar refractivity (Wildman–Crippen MR) is 98.3 cm³/mol. The zero-order chi connectivity index (χ0) is 20.7. The number of rotatable bonds is 4. The van der Waals surface area contributed by atoms with Crippen LogP contribution in [0.15, 0.2) is 46.1 Å². The van der Waals surface area contributed by atoms with E-state index >= 15 is 0 Å². The molecule has 4 atom stereocenters. The number of amides is 2. The molecule has 150 valence electrons. The minimum atomic E-state index is -1.08. The SMILES string of the molecule is COC(=O)[C@H]1N[C@@H](c2c[nH]c(=O)[nH]c2=O)[C@H]2C(=O)N(Cc3ccccc3)C(=O)[C@H]21. The van der Waals surface area contributed by atoms with Crippen molar-refractivity contribution in [2.45, 2.75) is 18.6 Å². The zero-order valence-corrected chi connectivity index (χ0v) is 15.4. The smallest absolute Gasteiger partial charge is 0.325 e. The molecular weight excluding hydrogens is 380 g/mol. The van der Waals surface area contributed by atoms with Gasteiger partial charge in [0.2, 0.25) is 11.8 Å². The predicted octanol–water partition coefficient (Wildman–Crippen LogP) is -0.949. The molecule has 29 heavy (non-hydrogen) atoms. The van der Waals surface area contributed by atoms with E-state index in [9.17, 15) is 24.0 Å². The molecule has 0 saturated carbocycles. The number of fused-ring (bicyclic) bond motifs is 1. The van der Waals surface area contributed by atoms with Crippen molar-refractivity contribution in [3.8, 4) is 0 Å². The van der Waals surface area contributed by atoms with Crippen LogP contribution < -0.4 is 16.6 Å². The van der Waals surface area contributed by atoms with E-state index in [0.717, 1.165) is 10.5 Å². The van der Waals surface area contributed by atoms with Crippen molar-refractivity contribution in [3.05, 3.63) is 68.5 Å². The first-order valence-electron chi connectivity index (χ1n) is 8.97. The number of H-pyrrole nitrogens is 2. The van der Waals surface area contributed by atoms with Gasteiger partial charge < -0.3 is 9.72 Å². The van der Waals surface area contributed by atoms with Gasteiger partial charge in [-0.25, -0.2) is 4.79 Å². The molecule has 0 spiro atoms. The highest BCUT2D eigenvalue weighted by Gasteiger charge is 2.61. The average Bonchev–Trinajstić information content (AvgIpc) is 3.21. The fourth-order valence-electron chi connectivity index (χ4n) is 4.07. The molecule has 3 N–H and O–H groups in total. The number of carbonyl (C=O) groups is 3. The van der Waals surface area contributed by atoms with Crippen molar-refractivity contribution in [3.63, 3.8) is 0 Å². The molecule has 0 unspecified atom stereocenters. The van der Waals surface area contributed by atoms with Crippen LogP contribution in [0.2, 0.25) is 0 Å². The van der Waals surface area contributed by atoms with Crippen LogP contribution in [0.4, 0.5) is 0 Å². The summed E-state index contributed by atoms with van der Waals surface area (Å²) in [6.07, 6.45) is 1.19. The van der Waals surface area contributed by atoms with Crippen LogP contribution in [-0.2, 0) is 25.7 Å². The highest BCUT2D eigenvalue weighted by atomic mass is 16.5. The van der Waals surface area contributed by atoms with Crippen molar-refractivity contribution in [1.29, 1.82) is 0 Å². The number of esters is 1. The number of benzene rings is 1. The Kier molecular flexibility index (Phi) is 4.63. The summed E-state index contributed by atoms with van der Waals surface area (Å²) in [4.78, 5) is 67.7. The molecule has 2 aromatic rings. The molecular formula is C19H18N4O6. The number of hydrogen-bond donors (Lipinski definition) is 3. The number of imide groups is 1. The topological polar surface area (TPSA) is 141 Å². The summed E-state index contributed by atoms with van der Waals surface area (Å²) >= 11 is 0. The Morgan fingerprint density at radius 3 is 2.41 bits per heavy atom. The van der Waals surface area contributed by atoms with Crippen molar-refractivity contribution in [2.24, 2.45) is 11.8 Å². The van der Waals surface area contributed by atoms with Gasteiger partial charge in [-0.2, -0.15) is 0 Å². The minimum Gasteiger partial charge on any atom is -0.468 e. The van der Waals surface area contributed by atoms with E-state index in [0.29, 0.717) is 0 Å². The first-order chi connectivity index (χ1) is 13.9. The Labute approximate surface area is 163 Å². The second-order valence-electron chi connectivity index (χ2n) is 6.97. The molecule has 10 heteroatoms. The van der Waals surface area contributed by atoms with Crippen molar-refractivity contribution in [2.75, 3.05) is 7.11 Å². The van der Waals surface area contributed by atoms with Crippen LogP contribution in [0.25, 0.3) is 0 Å². The number of aromatic nitrogens is 2. The molecule has 2 amide bonds. The summed E-state index contributed by atoms with van der Waals surface area (Å²) in [6, 6.07) is 6.97. The summed E-state index contributed by atoms with van der Waals surface area (Å²) in [7, 11) is 1.18. The lowest BCUT2D eigenvalue weighted by Crippen LogP contribution is -2.44. The Morgan fingerprint density at radius 2 is 1.76 bits per heavy atom. The molecule has 2 fully saturated rings. The van der Waals surface area contributed by atoms with Gasteiger partial charge in [0.1, 0.15) is 6.04 Å². The molecule has 0 aliphatic carbocycles. The lowest BCUT2D eigenvalue weighted by Gasteiger charge is -2.21. The molecule has 3 heterocycles. The molecule has 2 saturated heterocycles. The van der Waals surface area contributed by atoms with Gasteiger partial charge >= 0.3 is 11.7 Å². The second kappa shape index (κ2) is 7.13. The van der Waals surface area contributed by atoms with E-state index in [4.69, 9.17) is 4.74 Å². The molecule has 10 nitrogen and oxygen atoms in total. The Balaban J connectivity index is 1.74. The van der Waals surface area contributed by atoms with Gasteiger partial charge in [0, 0.05) is 6.20 Å². The van der Waals surface area contributed by atoms with Gasteiger partial charge in [0.25, 0.3) is 5.56 Å². The van der Waals surface area contributed by atoms with Gasteiger partial charge in [0.05, 0.1) is 37.1 Å². The number of nitrogens with one attached hydrogen (secondary N) is 3. The van der Waals surface area contributed by atoms with Crippen LogP contribution in [0.3, 0.4) is 0 Å². The second-order valence-corrected chi connectivity index (χ2v) is 6.97. The van der Waals surface area contributed by atoms with Crippen molar-refractivity contribution < 1.29 is 19.1 Å². The molecule has 1 aromatic carbocycles. The third kappa shape index (κ3) is 3.07. The van der Waals surface area contributed by atoms with Crippen molar-refractivity contribution in [1.82, 2.24) is 20.2 Å². The molecule has 1 aromatic heterocycles. The van der Waals surface area contributed by atoms with E-state index in [1.165, 1.54) is 13.3 Å².